The molecule has 3 nitrogen and oxygen atoms in total. The SMILES string of the molecule is CCCCC/C=C/[C@H](O)[C@H](N)CO. The molecule has 0 aromatic heterocycles. The van der Waals surface area contributed by atoms with Crippen LogP contribution in [0.25, 0.3) is 0 Å². The van der Waals surface area contributed by atoms with E-state index < -0.39 is 12.1 Å². The van der Waals surface area contributed by atoms with Crippen molar-refractivity contribution in [2.75, 3.05) is 6.61 Å². The zero-order valence-corrected chi connectivity index (χ0v) is 8.32. The smallest absolute Gasteiger partial charge is 0.0894 e. The highest BCUT2D eigenvalue weighted by atomic mass is 16.3. The number of allylic oxidation sites excluding steroid dienone is 1. The zero-order chi connectivity index (χ0) is 10.1. The zero-order valence-electron chi connectivity index (χ0n) is 8.32. The number of hydrogen-bond acceptors (Lipinski definition) is 3. The molecule has 0 rings (SSSR count). The molecule has 78 valence electrons. The lowest BCUT2D eigenvalue weighted by molar-refractivity contribution is 0.144. The Morgan fingerprint density at radius 2 is 2.08 bits per heavy atom. The first-order valence-electron chi connectivity index (χ1n) is 4.93. The summed E-state index contributed by atoms with van der Waals surface area (Å²) in [5.74, 6) is 0. The van der Waals surface area contributed by atoms with Crippen LogP contribution in [-0.2, 0) is 0 Å². The minimum absolute atomic E-state index is 0.180. The molecule has 0 radical (unpaired) electrons. The quantitative estimate of drug-likeness (QED) is 0.408. The van der Waals surface area contributed by atoms with Crippen LogP contribution in [0.15, 0.2) is 12.2 Å². The van der Waals surface area contributed by atoms with Crippen LogP contribution < -0.4 is 5.73 Å². The lowest BCUT2D eigenvalue weighted by Gasteiger charge is -2.11. The summed E-state index contributed by atoms with van der Waals surface area (Å²) in [6.45, 7) is 1.97. The summed E-state index contributed by atoms with van der Waals surface area (Å²) in [5, 5.41) is 17.9. The largest absolute Gasteiger partial charge is 0.395 e. The second-order valence-corrected chi connectivity index (χ2v) is 3.26. The number of nitrogens with two attached hydrogens (primary N) is 1. The highest BCUT2D eigenvalue weighted by molar-refractivity contribution is 4.93. The van der Waals surface area contributed by atoms with Crippen molar-refractivity contribution < 1.29 is 10.2 Å². The Bertz CT molecular complexity index is 137. The molecule has 0 aliphatic heterocycles. The van der Waals surface area contributed by atoms with E-state index in [4.69, 9.17) is 10.8 Å². The minimum Gasteiger partial charge on any atom is -0.395 e. The van der Waals surface area contributed by atoms with E-state index in [2.05, 4.69) is 6.92 Å². The molecule has 0 aliphatic carbocycles. The van der Waals surface area contributed by atoms with Gasteiger partial charge in [0, 0.05) is 0 Å². The lowest BCUT2D eigenvalue weighted by atomic mass is 10.1. The predicted molar refractivity (Wildman–Crippen MR) is 54.4 cm³/mol. The summed E-state index contributed by atoms with van der Waals surface area (Å²) < 4.78 is 0. The first-order valence-corrected chi connectivity index (χ1v) is 4.93. The van der Waals surface area contributed by atoms with Crippen LogP contribution in [-0.4, -0.2) is 29.0 Å². The van der Waals surface area contributed by atoms with Gasteiger partial charge in [0.25, 0.3) is 0 Å². The fourth-order valence-electron chi connectivity index (χ4n) is 0.999. The number of aliphatic hydroxyl groups is 2. The van der Waals surface area contributed by atoms with Crippen LogP contribution in [0.3, 0.4) is 0 Å². The summed E-state index contributed by atoms with van der Waals surface area (Å²) in [5.41, 5.74) is 5.41. The standard InChI is InChI=1S/C10H21NO2/c1-2-3-4-5-6-7-10(13)9(11)8-12/h6-7,9-10,12-13H,2-5,8,11H2,1H3/b7-6+/t9-,10+/m1/s1. The van der Waals surface area contributed by atoms with Crippen molar-refractivity contribution in [1.29, 1.82) is 0 Å². The Labute approximate surface area is 80.3 Å². The van der Waals surface area contributed by atoms with E-state index >= 15 is 0 Å². The minimum atomic E-state index is -0.716. The Morgan fingerprint density at radius 1 is 1.38 bits per heavy atom. The topological polar surface area (TPSA) is 66.5 Å². The van der Waals surface area contributed by atoms with Gasteiger partial charge < -0.3 is 15.9 Å². The number of hydrogen-bond donors (Lipinski definition) is 3. The van der Waals surface area contributed by atoms with Crippen molar-refractivity contribution in [3.63, 3.8) is 0 Å². The fourth-order valence-corrected chi connectivity index (χ4v) is 0.999. The maximum atomic E-state index is 9.30. The Hall–Kier alpha value is -0.380. The average Bonchev–Trinajstić information content (AvgIpc) is 2.16. The van der Waals surface area contributed by atoms with Gasteiger partial charge in [0.1, 0.15) is 0 Å². The van der Waals surface area contributed by atoms with E-state index in [0.717, 1.165) is 12.8 Å². The van der Waals surface area contributed by atoms with Crippen LogP contribution in [0.5, 0.6) is 0 Å². The molecule has 2 atom stereocenters. The van der Waals surface area contributed by atoms with Gasteiger partial charge in [-0.3, -0.25) is 0 Å². The maximum absolute atomic E-state index is 9.30. The van der Waals surface area contributed by atoms with Gasteiger partial charge in [-0.05, 0) is 12.8 Å². The molecule has 0 saturated carbocycles. The molecule has 0 saturated heterocycles. The van der Waals surface area contributed by atoms with Gasteiger partial charge in [-0.15, -0.1) is 0 Å². The van der Waals surface area contributed by atoms with Crippen molar-refractivity contribution in [2.24, 2.45) is 5.73 Å². The molecular weight excluding hydrogens is 166 g/mol. The Kier molecular flexibility index (Phi) is 7.99. The van der Waals surface area contributed by atoms with Gasteiger partial charge in [-0.25, -0.2) is 0 Å². The third-order valence-corrected chi connectivity index (χ3v) is 1.96. The van der Waals surface area contributed by atoms with Crippen LogP contribution in [0.2, 0.25) is 0 Å². The number of unbranched alkanes of at least 4 members (excludes halogenated alkanes) is 3. The molecule has 0 fully saturated rings. The average molecular weight is 187 g/mol. The summed E-state index contributed by atoms with van der Waals surface area (Å²) in [6.07, 6.45) is 7.41. The second kappa shape index (κ2) is 8.23. The van der Waals surface area contributed by atoms with Gasteiger partial charge in [-0.1, -0.05) is 31.9 Å². The second-order valence-electron chi connectivity index (χ2n) is 3.26. The van der Waals surface area contributed by atoms with Crippen molar-refractivity contribution in [3.05, 3.63) is 12.2 Å². The third-order valence-electron chi connectivity index (χ3n) is 1.96. The summed E-state index contributed by atoms with van der Waals surface area (Å²) in [7, 11) is 0. The molecule has 0 unspecified atom stereocenters. The molecule has 4 N–H and O–H groups in total. The molecule has 0 amide bonds. The van der Waals surface area contributed by atoms with Gasteiger partial charge in [-0.2, -0.15) is 0 Å². The van der Waals surface area contributed by atoms with Crippen LogP contribution in [0, 0.1) is 0 Å². The van der Waals surface area contributed by atoms with E-state index in [9.17, 15) is 5.11 Å². The molecule has 0 bridgehead atoms. The van der Waals surface area contributed by atoms with Crippen molar-refractivity contribution in [3.8, 4) is 0 Å². The van der Waals surface area contributed by atoms with Crippen LogP contribution >= 0.6 is 0 Å². The summed E-state index contributed by atoms with van der Waals surface area (Å²) in [4.78, 5) is 0. The summed E-state index contributed by atoms with van der Waals surface area (Å²) in [6, 6.07) is -0.553. The van der Waals surface area contributed by atoms with E-state index in [0.29, 0.717) is 0 Å². The molecule has 0 spiro atoms. The van der Waals surface area contributed by atoms with Gasteiger partial charge in [0.2, 0.25) is 0 Å². The Balaban J connectivity index is 3.47. The van der Waals surface area contributed by atoms with Gasteiger partial charge in [0.05, 0.1) is 18.8 Å². The molecule has 0 aromatic rings. The number of rotatable bonds is 7. The lowest BCUT2D eigenvalue weighted by Crippen LogP contribution is -2.36. The molecule has 0 heterocycles. The van der Waals surface area contributed by atoms with Gasteiger partial charge in [0.15, 0.2) is 0 Å². The molecular formula is C10H21NO2. The fraction of sp³-hybridized carbons (Fsp3) is 0.800. The third kappa shape index (κ3) is 6.75. The molecule has 0 aromatic carbocycles. The predicted octanol–water partition coefficient (Wildman–Crippen LogP) is 0.803. The van der Waals surface area contributed by atoms with E-state index in [-0.39, 0.29) is 6.61 Å². The monoisotopic (exact) mass is 187 g/mol. The van der Waals surface area contributed by atoms with E-state index in [1.165, 1.54) is 12.8 Å². The van der Waals surface area contributed by atoms with Crippen LogP contribution in [0.1, 0.15) is 32.6 Å². The summed E-state index contributed by atoms with van der Waals surface area (Å²) >= 11 is 0. The van der Waals surface area contributed by atoms with E-state index in [1.54, 1.807) is 6.08 Å². The first kappa shape index (κ1) is 12.6. The Morgan fingerprint density at radius 3 is 2.62 bits per heavy atom. The van der Waals surface area contributed by atoms with Crippen molar-refractivity contribution in [2.45, 2.75) is 44.8 Å². The highest BCUT2D eigenvalue weighted by Crippen LogP contribution is 2.01. The van der Waals surface area contributed by atoms with Crippen molar-refractivity contribution >= 4 is 0 Å². The normalized spacial score (nSPS) is 16.3. The van der Waals surface area contributed by atoms with Crippen molar-refractivity contribution in [1.82, 2.24) is 0 Å². The molecule has 13 heavy (non-hydrogen) atoms. The first-order chi connectivity index (χ1) is 6.22. The molecule has 3 heteroatoms. The number of aliphatic hydroxyl groups excluding tert-OH is 2. The highest BCUT2D eigenvalue weighted by Gasteiger charge is 2.08. The maximum Gasteiger partial charge on any atom is 0.0894 e. The van der Waals surface area contributed by atoms with E-state index in [1.807, 2.05) is 6.08 Å². The molecule has 0 aliphatic rings. The van der Waals surface area contributed by atoms with Crippen LogP contribution in [0.4, 0.5) is 0 Å². The van der Waals surface area contributed by atoms with Gasteiger partial charge >= 0.3 is 0 Å².